The molecule has 0 saturated carbocycles. The molecule has 2 N–H and O–H groups in total. The van der Waals surface area contributed by atoms with E-state index in [0.29, 0.717) is 0 Å². The molecule has 1 unspecified atom stereocenters. The van der Waals surface area contributed by atoms with Crippen LogP contribution in [-0.2, 0) is 25.9 Å². The highest BCUT2D eigenvalue weighted by Gasteiger charge is 2.11. The van der Waals surface area contributed by atoms with Gasteiger partial charge in [-0.15, -0.1) is 0 Å². The maximum atomic E-state index is 9.56. The van der Waals surface area contributed by atoms with Crippen molar-refractivity contribution in [2.24, 2.45) is 0 Å². The number of hydrogen-bond donors (Lipinski definition) is 2. The van der Waals surface area contributed by atoms with Gasteiger partial charge >= 0.3 is 0 Å². The molecule has 0 aliphatic carbocycles. The summed E-state index contributed by atoms with van der Waals surface area (Å²) in [4.78, 5) is 0. The molecule has 0 fully saturated rings. The number of aromatic nitrogens is 2. The van der Waals surface area contributed by atoms with Gasteiger partial charge in [0.2, 0.25) is 0 Å². The van der Waals surface area contributed by atoms with Crippen LogP contribution in [0.1, 0.15) is 30.8 Å². The van der Waals surface area contributed by atoms with E-state index < -0.39 is 0 Å². The highest BCUT2D eigenvalue weighted by Crippen LogP contribution is 2.07. The standard InChI is InChI=1S/C17H25N3O/c1-3-15-11-17(20(4-2)19-15)12-18-16(13-21)10-14-8-6-5-7-9-14/h5-9,11,16,18,21H,3-4,10,12-13H2,1-2H3. The predicted octanol–water partition coefficient (Wildman–Crippen LogP) is 2.16. The predicted molar refractivity (Wildman–Crippen MR) is 85.1 cm³/mol. The lowest BCUT2D eigenvalue weighted by Gasteiger charge is -2.16. The van der Waals surface area contributed by atoms with Crippen molar-refractivity contribution in [1.82, 2.24) is 15.1 Å². The molecule has 1 atom stereocenters. The van der Waals surface area contributed by atoms with Crippen molar-refractivity contribution in [2.75, 3.05) is 6.61 Å². The summed E-state index contributed by atoms with van der Waals surface area (Å²) in [5.41, 5.74) is 3.54. The maximum absolute atomic E-state index is 9.56. The Morgan fingerprint density at radius 1 is 1.24 bits per heavy atom. The minimum absolute atomic E-state index is 0.0673. The molecule has 2 rings (SSSR count). The van der Waals surface area contributed by atoms with Crippen molar-refractivity contribution >= 4 is 0 Å². The molecule has 114 valence electrons. The molecule has 0 aliphatic rings. The van der Waals surface area contributed by atoms with E-state index in [2.05, 4.69) is 42.5 Å². The van der Waals surface area contributed by atoms with Gasteiger partial charge in [0.1, 0.15) is 0 Å². The van der Waals surface area contributed by atoms with Crippen LogP contribution in [0.3, 0.4) is 0 Å². The molecule has 0 spiro atoms. The average Bonchev–Trinajstić information content (AvgIpc) is 2.94. The summed E-state index contributed by atoms with van der Waals surface area (Å²) in [6.45, 7) is 5.96. The van der Waals surface area contributed by atoms with Crippen LogP contribution in [0.2, 0.25) is 0 Å². The monoisotopic (exact) mass is 287 g/mol. The van der Waals surface area contributed by atoms with Gasteiger partial charge in [-0.1, -0.05) is 37.3 Å². The van der Waals surface area contributed by atoms with Crippen molar-refractivity contribution in [3.63, 3.8) is 0 Å². The van der Waals surface area contributed by atoms with Crippen LogP contribution in [0.15, 0.2) is 36.4 Å². The van der Waals surface area contributed by atoms with Gasteiger partial charge in [0.05, 0.1) is 18.0 Å². The molecule has 0 saturated heterocycles. The van der Waals surface area contributed by atoms with Gasteiger partial charge in [-0.05, 0) is 31.4 Å². The fourth-order valence-corrected chi connectivity index (χ4v) is 2.45. The number of benzene rings is 1. The van der Waals surface area contributed by atoms with E-state index >= 15 is 0 Å². The zero-order valence-electron chi connectivity index (χ0n) is 12.9. The number of aryl methyl sites for hydroxylation is 2. The molecule has 1 aromatic heterocycles. The van der Waals surface area contributed by atoms with Crippen molar-refractivity contribution in [2.45, 2.75) is 45.8 Å². The number of hydrogen-bond acceptors (Lipinski definition) is 3. The topological polar surface area (TPSA) is 50.1 Å². The second-order valence-electron chi connectivity index (χ2n) is 5.25. The smallest absolute Gasteiger partial charge is 0.0625 e. The molecule has 1 aromatic carbocycles. The van der Waals surface area contributed by atoms with E-state index in [9.17, 15) is 5.11 Å². The van der Waals surface area contributed by atoms with Crippen LogP contribution < -0.4 is 5.32 Å². The third kappa shape index (κ3) is 4.41. The second kappa shape index (κ2) is 7.96. The Kier molecular flexibility index (Phi) is 5.96. The Bertz CT molecular complexity index is 536. The molecule has 0 aliphatic heterocycles. The zero-order chi connectivity index (χ0) is 15.1. The summed E-state index contributed by atoms with van der Waals surface area (Å²) in [6.07, 6.45) is 1.78. The summed E-state index contributed by atoms with van der Waals surface area (Å²) in [5, 5.41) is 17.5. The van der Waals surface area contributed by atoms with Crippen LogP contribution in [0.25, 0.3) is 0 Å². The van der Waals surface area contributed by atoms with Gasteiger partial charge in [0.25, 0.3) is 0 Å². The van der Waals surface area contributed by atoms with Crippen molar-refractivity contribution in [1.29, 1.82) is 0 Å². The molecular formula is C17H25N3O. The summed E-state index contributed by atoms with van der Waals surface area (Å²) < 4.78 is 2.03. The Morgan fingerprint density at radius 3 is 2.62 bits per heavy atom. The van der Waals surface area contributed by atoms with Crippen LogP contribution in [0.4, 0.5) is 0 Å². The van der Waals surface area contributed by atoms with Gasteiger partial charge in [-0.25, -0.2) is 0 Å². The van der Waals surface area contributed by atoms with Crippen LogP contribution >= 0.6 is 0 Å². The maximum Gasteiger partial charge on any atom is 0.0625 e. The van der Waals surface area contributed by atoms with E-state index in [1.165, 1.54) is 11.3 Å². The molecular weight excluding hydrogens is 262 g/mol. The van der Waals surface area contributed by atoms with Gasteiger partial charge in [0.15, 0.2) is 0 Å². The zero-order valence-corrected chi connectivity index (χ0v) is 12.9. The van der Waals surface area contributed by atoms with E-state index in [1.807, 2.05) is 22.9 Å². The molecule has 21 heavy (non-hydrogen) atoms. The molecule has 4 nitrogen and oxygen atoms in total. The Hall–Kier alpha value is -1.65. The lowest BCUT2D eigenvalue weighted by Crippen LogP contribution is -2.34. The number of nitrogens with zero attached hydrogens (tertiary/aromatic N) is 2. The fourth-order valence-electron chi connectivity index (χ4n) is 2.45. The Balaban J connectivity index is 1.95. The number of rotatable bonds is 8. The van der Waals surface area contributed by atoms with Crippen molar-refractivity contribution < 1.29 is 5.11 Å². The first-order valence-electron chi connectivity index (χ1n) is 7.70. The largest absolute Gasteiger partial charge is 0.395 e. The summed E-state index contributed by atoms with van der Waals surface area (Å²) in [5.74, 6) is 0. The molecule has 0 amide bonds. The molecule has 4 heteroatoms. The number of aliphatic hydroxyl groups is 1. The van der Waals surface area contributed by atoms with E-state index in [-0.39, 0.29) is 12.6 Å². The third-order valence-electron chi connectivity index (χ3n) is 3.69. The second-order valence-corrected chi connectivity index (χ2v) is 5.25. The van der Waals surface area contributed by atoms with Crippen molar-refractivity contribution in [3.05, 3.63) is 53.3 Å². The van der Waals surface area contributed by atoms with Crippen LogP contribution in [0.5, 0.6) is 0 Å². The van der Waals surface area contributed by atoms with Gasteiger partial charge in [-0.2, -0.15) is 5.10 Å². The highest BCUT2D eigenvalue weighted by molar-refractivity contribution is 5.16. The van der Waals surface area contributed by atoms with Gasteiger partial charge in [0, 0.05) is 19.1 Å². The molecule has 0 bridgehead atoms. The Morgan fingerprint density at radius 2 is 2.00 bits per heavy atom. The average molecular weight is 287 g/mol. The van der Waals surface area contributed by atoms with Gasteiger partial charge in [-0.3, -0.25) is 4.68 Å². The van der Waals surface area contributed by atoms with E-state index in [1.54, 1.807) is 0 Å². The van der Waals surface area contributed by atoms with Crippen LogP contribution in [0, 0.1) is 0 Å². The molecule has 0 radical (unpaired) electrons. The quantitative estimate of drug-likeness (QED) is 0.782. The minimum atomic E-state index is 0.0673. The minimum Gasteiger partial charge on any atom is -0.395 e. The molecule has 1 heterocycles. The lowest BCUT2D eigenvalue weighted by molar-refractivity contribution is 0.240. The first kappa shape index (κ1) is 15.7. The summed E-state index contributed by atoms with van der Waals surface area (Å²) in [7, 11) is 0. The molecule has 2 aromatic rings. The normalized spacial score (nSPS) is 12.5. The van der Waals surface area contributed by atoms with Crippen molar-refractivity contribution in [3.8, 4) is 0 Å². The first-order valence-corrected chi connectivity index (χ1v) is 7.70. The third-order valence-corrected chi connectivity index (χ3v) is 3.69. The van der Waals surface area contributed by atoms with Crippen LogP contribution in [-0.4, -0.2) is 27.5 Å². The van der Waals surface area contributed by atoms with E-state index in [0.717, 1.165) is 31.6 Å². The number of nitrogens with one attached hydrogen (secondary N) is 1. The number of aliphatic hydroxyl groups excluding tert-OH is 1. The first-order chi connectivity index (χ1) is 10.3. The fraction of sp³-hybridized carbons (Fsp3) is 0.471. The summed E-state index contributed by atoms with van der Waals surface area (Å²) >= 11 is 0. The Labute approximate surface area is 126 Å². The summed E-state index contributed by atoms with van der Waals surface area (Å²) in [6, 6.07) is 12.5. The van der Waals surface area contributed by atoms with Gasteiger partial charge < -0.3 is 10.4 Å². The van der Waals surface area contributed by atoms with E-state index in [4.69, 9.17) is 0 Å². The highest BCUT2D eigenvalue weighted by atomic mass is 16.3. The lowest BCUT2D eigenvalue weighted by atomic mass is 10.1. The SMILES string of the molecule is CCc1cc(CNC(CO)Cc2ccccc2)n(CC)n1.